The van der Waals surface area contributed by atoms with E-state index in [1.54, 1.807) is 47.3 Å². The fraction of sp³-hybridized carbons (Fsp3) is 0.345. The number of alkyl halides is 3. The Bertz CT molecular complexity index is 3510. The third-order valence-corrected chi connectivity index (χ3v) is 16.8. The second kappa shape index (κ2) is 29.2. The molecule has 2 atom stereocenters. The van der Waals surface area contributed by atoms with Crippen LogP contribution in [0.4, 0.5) is 0 Å². The molecule has 23 heteroatoms. The summed E-state index contributed by atoms with van der Waals surface area (Å²) in [6, 6.07) is 28.6. The molecule has 0 aliphatic carbocycles. The summed E-state index contributed by atoms with van der Waals surface area (Å²) in [5.41, 5.74) is 9.40. The number of aromatic nitrogens is 8. The second-order valence-corrected chi connectivity index (χ2v) is 24.4. The van der Waals surface area contributed by atoms with Gasteiger partial charge in [0.05, 0.1) is 36.2 Å². The molecule has 0 saturated heterocycles. The fourth-order valence-corrected chi connectivity index (χ4v) is 12.1. The highest BCUT2D eigenvalue weighted by Gasteiger charge is 2.40. The Kier molecular flexibility index (Phi) is 22.3. The zero-order valence-electron chi connectivity index (χ0n) is 45.5. The first-order valence-corrected chi connectivity index (χ1v) is 31.7. The average Bonchev–Trinajstić information content (AvgIpc) is 4.15. The molecule has 0 bridgehead atoms. The van der Waals surface area contributed by atoms with E-state index < -0.39 is 12.1 Å². The van der Waals surface area contributed by atoms with Crippen molar-refractivity contribution in [3.63, 3.8) is 0 Å². The molecule has 1 N–H and O–H groups in total. The normalized spacial score (nSPS) is 14.1. The lowest BCUT2D eigenvalue weighted by molar-refractivity contribution is -0.665. The quantitative estimate of drug-likeness (QED) is 0.0439. The van der Waals surface area contributed by atoms with Crippen molar-refractivity contribution in [1.82, 2.24) is 29.7 Å². The predicted molar refractivity (Wildman–Crippen MR) is 328 cm³/mol. The predicted octanol–water partition coefficient (Wildman–Crippen LogP) is 11.5. The van der Waals surface area contributed by atoms with Crippen LogP contribution in [0.15, 0.2) is 107 Å². The maximum Gasteiger partial charge on any atom is 0.281 e. The van der Waals surface area contributed by atoms with Gasteiger partial charge in [-0.2, -0.15) is 0 Å². The van der Waals surface area contributed by atoms with Crippen molar-refractivity contribution in [2.45, 2.75) is 79.3 Å². The van der Waals surface area contributed by atoms with Gasteiger partial charge in [-0.3, -0.25) is 19.6 Å². The minimum absolute atomic E-state index is 0.0326. The lowest BCUT2D eigenvalue weighted by atomic mass is 10.0. The molecule has 4 aromatic carbocycles. The Hall–Kier alpha value is -5.36. The molecule has 8 aromatic rings. The summed E-state index contributed by atoms with van der Waals surface area (Å²) >= 11 is 25.4. The van der Waals surface area contributed by atoms with Gasteiger partial charge in [-0.05, 0) is 87.4 Å². The summed E-state index contributed by atoms with van der Waals surface area (Å²) in [5, 5.41) is 31.1. The number of fused-ring (bicyclic) bond motifs is 6. The lowest BCUT2D eigenvalue weighted by Gasteiger charge is -2.10. The van der Waals surface area contributed by atoms with Crippen molar-refractivity contribution in [1.29, 1.82) is 0 Å². The molecular formula is C58H61Br3Cl2N10O6S2+2. The minimum atomic E-state index is -0.497. The van der Waals surface area contributed by atoms with Gasteiger partial charge in [-0.1, -0.05) is 129 Å². The van der Waals surface area contributed by atoms with E-state index in [4.69, 9.17) is 47.4 Å². The second-order valence-electron chi connectivity index (χ2n) is 18.9. The first-order valence-electron chi connectivity index (χ1n) is 26.0. The van der Waals surface area contributed by atoms with E-state index >= 15 is 0 Å². The number of carbonyl (C=O) groups is 2. The van der Waals surface area contributed by atoms with E-state index in [1.807, 2.05) is 96.0 Å². The van der Waals surface area contributed by atoms with Crippen LogP contribution >= 0.6 is 94.1 Å². The zero-order chi connectivity index (χ0) is 57.7. The highest BCUT2D eigenvalue weighted by Crippen LogP contribution is 2.32. The number of Topliss-reactive ketones (excluding diaryl/α,β-unsaturated/α-hetero) is 2. The van der Waals surface area contributed by atoms with E-state index in [0.29, 0.717) is 41.5 Å². The van der Waals surface area contributed by atoms with Crippen molar-refractivity contribution in [2.75, 3.05) is 49.0 Å². The highest BCUT2D eigenvalue weighted by atomic mass is 79.9. The smallest absolute Gasteiger partial charge is 0.281 e. The summed E-state index contributed by atoms with van der Waals surface area (Å²) in [4.78, 5) is 39.1. The van der Waals surface area contributed by atoms with E-state index in [9.17, 15) is 14.7 Å². The summed E-state index contributed by atoms with van der Waals surface area (Å²) < 4.78 is 24.3. The largest absolute Gasteiger partial charge is 0.508 e. The Morgan fingerprint density at radius 3 is 1.36 bits per heavy atom. The first-order chi connectivity index (χ1) is 39.1. The Morgan fingerprint density at radius 2 is 0.951 bits per heavy atom. The zero-order valence-corrected chi connectivity index (χ0v) is 53.4. The number of phenols is 1. The van der Waals surface area contributed by atoms with Crippen LogP contribution < -0.4 is 12.9 Å². The van der Waals surface area contributed by atoms with Crippen LogP contribution in [0.5, 0.6) is 11.5 Å². The number of nitrogens with zero attached hydrogens (tertiary/aromatic N) is 10. The summed E-state index contributed by atoms with van der Waals surface area (Å²) in [5.74, 6) is 3.77. The standard InChI is InChI=1S/C29H30BrClN5O3S.C25H22ClN5O2S.C4H8Br2O/c1-18-19(2)40-36-28(18)27(22-6-8-23(31)9-7-22)32-26(29-34-33-20(3)35(29)36)17-24(37)16-21-4-10-25(11-5-21)39-15-14-38-13-12-30;1-14-15(2)34-31-24(14)23(18-6-8-19(26)9-7-18)27-22(25-29-28-16(3)30(25)31)13-21(33)12-17-4-10-20(32)11-5-17;5-1-3-7-4-2-6/h4-11,26H,12-17H2,1-3H3;4-11,22H,12-13H2,1-3H3;1-4H2/q+1;;/p+1/t26-;22-;/m00./s1. The van der Waals surface area contributed by atoms with Crippen LogP contribution in [0, 0.1) is 41.5 Å². The number of ketones is 2. The maximum absolute atomic E-state index is 13.4. The molecule has 2 aliphatic rings. The number of aryl methyl sites for hydroxylation is 4. The minimum Gasteiger partial charge on any atom is -0.508 e. The van der Waals surface area contributed by atoms with E-state index in [1.165, 1.54) is 4.88 Å². The molecule has 16 nitrogen and oxygen atoms in total. The Labute approximate surface area is 514 Å². The third kappa shape index (κ3) is 15.5. The summed E-state index contributed by atoms with van der Waals surface area (Å²) in [6.07, 6.45) is 0.926. The van der Waals surface area contributed by atoms with Crippen molar-refractivity contribution in [2.24, 2.45) is 9.98 Å². The van der Waals surface area contributed by atoms with Crippen LogP contribution in [0.1, 0.15) is 103 Å². The van der Waals surface area contributed by atoms with Gasteiger partial charge in [0, 0.05) is 96.0 Å². The van der Waals surface area contributed by atoms with Gasteiger partial charge < -0.3 is 19.3 Å². The average molecular weight is 1370 g/mol. The van der Waals surface area contributed by atoms with Gasteiger partial charge in [-0.25, -0.2) is 0 Å². The molecule has 4 aromatic heterocycles. The van der Waals surface area contributed by atoms with Crippen molar-refractivity contribution in [3.05, 3.63) is 185 Å². The van der Waals surface area contributed by atoms with Crippen LogP contribution in [-0.4, -0.2) is 107 Å². The topological polar surface area (TPSA) is 176 Å². The number of halogens is 5. The van der Waals surface area contributed by atoms with Gasteiger partial charge in [0.25, 0.3) is 11.4 Å². The number of phenolic OH excluding ortho intramolecular Hbond substituents is 1. The van der Waals surface area contributed by atoms with Crippen molar-refractivity contribution in [3.8, 4) is 11.5 Å². The molecule has 0 radical (unpaired) electrons. The fourth-order valence-electron chi connectivity index (χ4n) is 8.93. The van der Waals surface area contributed by atoms with Gasteiger partial charge in [0.2, 0.25) is 11.6 Å². The molecule has 424 valence electrons. The molecule has 10 rings (SSSR count). The molecule has 2 aliphatic heterocycles. The number of rotatable bonds is 20. The number of aromatic hydroxyl groups is 1. The first kappa shape index (κ1) is 61.7. The molecule has 0 fully saturated rings. The van der Waals surface area contributed by atoms with Crippen LogP contribution in [0.3, 0.4) is 0 Å². The number of aliphatic imine (C=N–C) groups is 2. The Morgan fingerprint density at radius 1 is 0.556 bits per heavy atom. The summed E-state index contributed by atoms with van der Waals surface area (Å²) in [6.45, 7) is 15.5. The van der Waals surface area contributed by atoms with Gasteiger partial charge in [0.15, 0.2) is 34.7 Å². The third-order valence-electron chi connectivity index (χ3n) is 13.1. The monoisotopic (exact) mass is 1360 g/mol. The van der Waals surface area contributed by atoms with E-state index in [-0.39, 0.29) is 43.0 Å². The number of hydrogen-bond donors (Lipinski definition) is 1. The number of carbonyl (C=O) groups excluding carboxylic acids is 2. The van der Waals surface area contributed by atoms with Crippen LogP contribution in [-0.2, 0) is 31.9 Å². The maximum atomic E-state index is 13.4. The molecule has 0 spiro atoms. The van der Waals surface area contributed by atoms with Gasteiger partial charge in [-0.15, -0.1) is 20.4 Å². The SMILES string of the molecule is BrCCOCCBr.Cc1s[n+]2c(c1C)C(c1ccc(Cl)cc1)=N[C@@H](CC(=O)Cc1ccc(O)cc1)c1nnc(C)n1-2.Cc1s[n+]2c(c1C)C(c1ccc(Cl)cc1)=N[C@@H](CC(=O)Cc1ccc(OCCOCCBr)cc1)c1nnc(C)n1-2. The lowest BCUT2D eigenvalue weighted by Crippen LogP contribution is -2.44. The van der Waals surface area contributed by atoms with Crippen molar-refractivity contribution >= 4 is 117 Å². The van der Waals surface area contributed by atoms with E-state index in [0.717, 1.165) is 108 Å². The number of hydrogen-bond acceptors (Lipinski definition) is 14. The van der Waals surface area contributed by atoms with Crippen molar-refractivity contribution < 1.29 is 37.0 Å². The van der Waals surface area contributed by atoms with Crippen LogP contribution in [0.2, 0.25) is 10.0 Å². The van der Waals surface area contributed by atoms with E-state index in [2.05, 4.69) is 104 Å². The van der Waals surface area contributed by atoms with Crippen LogP contribution in [0.25, 0.3) is 0 Å². The Balaban J connectivity index is 0.000000192. The number of ether oxygens (including phenoxy) is 3. The molecule has 6 heterocycles. The molecule has 0 amide bonds. The summed E-state index contributed by atoms with van der Waals surface area (Å²) in [7, 11) is 0. The molecular weight excluding hydrogens is 1310 g/mol. The molecule has 0 unspecified atom stereocenters. The number of benzene rings is 4. The molecule has 0 saturated carbocycles. The van der Waals surface area contributed by atoms with Gasteiger partial charge in [0.1, 0.15) is 53.2 Å². The highest BCUT2D eigenvalue weighted by molar-refractivity contribution is 9.09. The van der Waals surface area contributed by atoms with Gasteiger partial charge >= 0.3 is 0 Å². The molecule has 81 heavy (non-hydrogen) atoms.